The molecule has 0 N–H and O–H groups in total. The van der Waals surface area contributed by atoms with E-state index in [0.29, 0.717) is 5.30 Å². The maximum absolute atomic E-state index is 12.0. The molecular weight excluding hydrogens is 201 g/mol. The zero-order valence-corrected chi connectivity index (χ0v) is 8.59. The van der Waals surface area contributed by atoms with Gasteiger partial charge in [-0.2, -0.15) is 4.76 Å². The Bertz CT molecular complexity index is 395. The van der Waals surface area contributed by atoms with Crippen LogP contribution in [0.4, 0.5) is 0 Å². The summed E-state index contributed by atoms with van der Waals surface area (Å²) in [6.07, 6.45) is 0. The highest BCUT2D eigenvalue weighted by Crippen LogP contribution is 2.46. The van der Waals surface area contributed by atoms with Crippen LogP contribution in [-0.2, 0) is 4.57 Å². The van der Waals surface area contributed by atoms with Crippen LogP contribution in [0, 0.1) is 0 Å². The molecule has 0 aromatic heterocycles. The lowest BCUT2D eigenvalue weighted by Crippen LogP contribution is -1.99. The molecule has 0 heterocycles. The van der Waals surface area contributed by atoms with Gasteiger partial charge in [0.05, 0.1) is 5.16 Å². The van der Waals surface area contributed by atoms with Gasteiger partial charge in [-0.15, -0.1) is 0 Å². The van der Waals surface area contributed by atoms with Crippen LogP contribution in [-0.4, -0.2) is 5.16 Å². The van der Waals surface area contributed by atoms with Crippen molar-refractivity contribution in [3.8, 4) is 0 Å². The van der Waals surface area contributed by atoms with Gasteiger partial charge in [-0.1, -0.05) is 24.8 Å². The quantitative estimate of drug-likeness (QED) is 0.435. The molecule has 1 aromatic rings. The van der Waals surface area contributed by atoms with Crippen LogP contribution in [0.3, 0.4) is 0 Å². The summed E-state index contributed by atoms with van der Waals surface area (Å²) < 4.78 is 15.6. The van der Waals surface area contributed by atoms with Crippen LogP contribution in [0.25, 0.3) is 0 Å². The van der Waals surface area contributed by atoms with Crippen molar-refractivity contribution >= 4 is 30.0 Å². The summed E-state index contributed by atoms with van der Waals surface area (Å²) in [5, 5.41) is 2.76. The van der Waals surface area contributed by atoms with E-state index in [-0.39, 0.29) is 0 Å². The summed E-state index contributed by atoms with van der Waals surface area (Å²) in [5.74, 6) is 1.32. The maximum atomic E-state index is 12.0. The number of nitrogens with zero attached hydrogens (tertiary/aromatic N) is 1. The molecule has 1 aromatic carbocycles. The van der Waals surface area contributed by atoms with E-state index in [1.54, 1.807) is 24.3 Å². The van der Waals surface area contributed by atoms with Crippen molar-refractivity contribution < 1.29 is 4.57 Å². The lowest BCUT2D eigenvalue weighted by Gasteiger charge is -2.05. The van der Waals surface area contributed by atoms with Crippen LogP contribution >= 0.6 is 19.5 Å². The minimum absolute atomic E-state index is 0.627. The fourth-order valence-corrected chi connectivity index (χ4v) is 2.40. The fourth-order valence-electron chi connectivity index (χ4n) is 0.906. The first kappa shape index (κ1) is 10.1. The predicted molar refractivity (Wildman–Crippen MR) is 58.9 cm³/mol. The van der Waals surface area contributed by atoms with E-state index >= 15 is 0 Å². The molecule has 0 radical (unpaired) electrons. The van der Waals surface area contributed by atoms with Gasteiger partial charge in [0.15, 0.2) is 0 Å². The second-order valence-corrected chi connectivity index (χ2v) is 4.84. The predicted octanol–water partition coefficient (Wildman–Crippen LogP) is 2.84. The molecular formula is C9H8NOPS. The first-order chi connectivity index (χ1) is 6.23. The molecule has 1 rings (SSSR count). The largest absolute Gasteiger partial charge is 0.288 e. The third kappa shape index (κ3) is 2.22. The normalized spacial score (nSPS) is 13.8. The van der Waals surface area contributed by atoms with Crippen LogP contribution in [0.2, 0.25) is 0 Å². The van der Waals surface area contributed by atoms with E-state index in [2.05, 4.69) is 28.7 Å². The van der Waals surface area contributed by atoms with Crippen LogP contribution in [0.5, 0.6) is 0 Å². The highest BCUT2D eigenvalue weighted by atomic mass is 32.1. The number of rotatable bonds is 3. The third-order valence-electron chi connectivity index (χ3n) is 1.56. The minimum atomic E-state index is -2.88. The minimum Gasteiger partial charge on any atom is -0.288 e. The molecule has 1 atom stereocenters. The average Bonchev–Trinajstić information content (AvgIpc) is 2.19. The molecule has 0 fully saturated rings. The molecule has 0 spiro atoms. The van der Waals surface area contributed by atoms with Gasteiger partial charge < -0.3 is 0 Å². The zero-order chi connectivity index (χ0) is 9.73. The average molecular weight is 209 g/mol. The number of benzene rings is 1. The van der Waals surface area contributed by atoms with Crippen molar-refractivity contribution in [2.45, 2.75) is 0 Å². The molecule has 0 saturated carbocycles. The van der Waals surface area contributed by atoms with Crippen molar-refractivity contribution in [2.75, 3.05) is 0 Å². The fraction of sp³-hybridized carbons (Fsp3) is 0. The molecule has 0 aliphatic heterocycles. The van der Waals surface area contributed by atoms with Crippen molar-refractivity contribution in [3.05, 3.63) is 42.7 Å². The molecule has 0 saturated heterocycles. The Balaban J connectivity index is 3.26. The lowest BCUT2D eigenvalue weighted by molar-refractivity contribution is 0.588. The second kappa shape index (κ2) is 4.29. The van der Waals surface area contributed by atoms with E-state index in [9.17, 15) is 4.57 Å². The van der Waals surface area contributed by atoms with E-state index in [1.807, 2.05) is 6.07 Å². The SMILES string of the molecule is C=CP(=O)(N=C=S)c1ccccc1. The van der Waals surface area contributed by atoms with Gasteiger partial charge in [-0.25, -0.2) is 0 Å². The standard InChI is InChI=1S/C9H8NOPS/c1-2-12(11,10-8-13)9-6-4-3-5-7-9/h2-7H,1H2. The molecule has 1 unspecified atom stereocenters. The molecule has 0 amide bonds. The Kier molecular flexibility index (Phi) is 3.32. The Morgan fingerprint density at radius 2 is 2.08 bits per heavy atom. The summed E-state index contributed by atoms with van der Waals surface area (Å²) in [5.41, 5.74) is 0. The van der Waals surface area contributed by atoms with E-state index in [4.69, 9.17) is 0 Å². The van der Waals surface area contributed by atoms with Crippen LogP contribution < -0.4 is 5.30 Å². The van der Waals surface area contributed by atoms with Gasteiger partial charge >= 0.3 is 0 Å². The van der Waals surface area contributed by atoms with Gasteiger partial charge in [-0.05, 0) is 30.2 Å². The summed E-state index contributed by atoms with van der Waals surface area (Å²) in [4.78, 5) is 0. The molecule has 66 valence electrons. The van der Waals surface area contributed by atoms with Crippen molar-refractivity contribution in [2.24, 2.45) is 4.76 Å². The highest BCUT2D eigenvalue weighted by Gasteiger charge is 2.17. The van der Waals surface area contributed by atoms with Gasteiger partial charge in [0.25, 0.3) is 0 Å². The number of hydrogen-bond donors (Lipinski definition) is 0. The molecule has 4 heteroatoms. The summed E-state index contributed by atoms with van der Waals surface area (Å²) in [6, 6.07) is 8.91. The molecule has 13 heavy (non-hydrogen) atoms. The van der Waals surface area contributed by atoms with Crippen molar-refractivity contribution in [1.29, 1.82) is 0 Å². The first-order valence-corrected chi connectivity index (χ1v) is 5.75. The number of thiocarbonyl (C=S) groups is 1. The molecule has 0 bridgehead atoms. The number of isothiocyanates is 1. The summed E-state index contributed by atoms with van der Waals surface area (Å²) >= 11 is 4.43. The Morgan fingerprint density at radius 3 is 2.54 bits per heavy atom. The van der Waals surface area contributed by atoms with Crippen LogP contribution in [0.1, 0.15) is 0 Å². The van der Waals surface area contributed by atoms with Gasteiger partial charge in [0, 0.05) is 5.30 Å². The lowest BCUT2D eigenvalue weighted by atomic mass is 10.4. The highest BCUT2D eigenvalue weighted by molar-refractivity contribution is 7.79. The first-order valence-electron chi connectivity index (χ1n) is 3.61. The molecule has 2 nitrogen and oxygen atoms in total. The van der Waals surface area contributed by atoms with Crippen molar-refractivity contribution in [1.82, 2.24) is 0 Å². The Morgan fingerprint density at radius 1 is 1.46 bits per heavy atom. The zero-order valence-electron chi connectivity index (χ0n) is 6.88. The third-order valence-corrected chi connectivity index (χ3v) is 3.72. The second-order valence-electron chi connectivity index (χ2n) is 2.33. The van der Waals surface area contributed by atoms with Gasteiger partial charge in [0.1, 0.15) is 0 Å². The smallest absolute Gasteiger partial charge is 0.248 e. The monoisotopic (exact) mass is 209 g/mol. The van der Waals surface area contributed by atoms with E-state index in [0.717, 1.165) is 0 Å². The van der Waals surface area contributed by atoms with Crippen molar-refractivity contribution in [3.63, 3.8) is 0 Å². The van der Waals surface area contributed by atoms with E-state index < -0.39 is 7.29 Å². The van der Waals surface area contributed by atoms with E-state index in [1.165, 1.54) is 5.82 Å². The summed E-state index contributed by atoms with van der Waals surface area (Å²) in [6.45, 7) is 3.48. The summed E-state index contributed by atoms with van der Waals surface area (Å²) in [7, 11) is -2.88. The maximum Gasteiger partial charge on any atom is 0.248 e. The van der Waals surface area contributed by atoms with Gasteiger partial charge in [-0.3, -0.25) is 4.57 Å². The number of hydrogen-bond acceptors (Lipinski definition) is 2. The Labute approximate surface area is 82.4 Å². The molecule has 0 aliphatic rings. The topological polar surface area (TPSA) is 29.4 Å². The molecule has 0 aliphatic carbocycles. The van der Waals surface area contributed by atoms with Gasteiger partial charge in [0.2, 0.25) is 7.29 Å². The van der Waals surface area contributed by atoms with Crippen LogP contribution in [0.15, 0.2) is 47.5 Å². The Hall–Kier alpha value is -1.01.